The van der Waals surface area contributed by atoms with Gasteiger partial charge in [0.25, 0.3) is 11.8 Å². The Hall–Kier alpha value is -3.60. The summed E-state index contributed by atoms with van der Waals surface area (Å²) in [5.74, 6) is 1.42. The summed E-state index contributed by atoms with van der Waals surface area (Å²) in [5.41, 5.74) is 1.79. The molecule has 0 aliphatic rings. The molecule has 0 atom stereocenters. The number of amides is 3. The molecule has 3 rings (SSSR count). The number of nitrogens with one attached hydrogen (secondary N) is 2. The highest BCUT2D eigenvalue weighted by Crippen LogP contribution is 2.25. The number of benzene rings is 2. The molecule has 0 unspecified atom stereocenters. The fourth-order valence-electron chi connectivity index (χ4n) is 2.74. The number of hydrogen-bond donors (Lipinski definition) is 2. The average Bonchev–Trinajstić information content (AvgIpc) is 3.30. The van der Waals surface area contributed by atoms with Gasteiger partial charge in [0, 0.05) is 23.9 Å². The summed E-state index contributed by atoms with van der Waals surface area (Å²) < 4.78 is 0. The van der Waals surface area contributed by atoms with Crippen LogP contribution in [-0.2, 0) is 4.79 Å². The maximum Gasteiger partial charge on any atom is 0.265 e. The molecule has 3 amide bonds. The van der Waals surface area contributed by atoms with Gasteiger partial charge in [0.2, 0.25) is 5.91 Å². The van der Waals surface area contributed by atoms with Crippen molar-refractivity contribution in [3.8, 4) is 12.3 Å². The molecule has 0 aliphatic heterocycles. The minimum atomic E-state index is -0.393. The molecule has 1 aromatic heterocycles. The lowest BCUT2D eigenvalue weighted by molar-refractivity contribution is -0.116. The highest BCUT2D eigenvalue weighted by Gasteiger charge is 2.18. The Bertz CT molecular complexity index is 1170. The molecule has 0 fully saturated rings. The van der Waals surface area contributed by atoms with Gasteiger partial charge in [-0.3, -0.25) is 14.4 Å². The van der Waals surface area contributed by atoms with E-state index in [-0.39, 0.29) is 23.9 Å². The van der Waals surface area contributed by atoms with E-state index < -0.39 is 5.91 Å². The monoisotopic (exact) mass is 451 g/mol. The van der Waals surface area contributed by atoms with Gasteiger partial charge < -0.3 is 15.5 Å². The van der Waals surface area contributed by atoms with Crippen molar-refractivity contribution >= 4 is 52.0 Å². The molecule has 3 aromatic rings. The zero-order valence-electron chi connectivity index (χ0n) is 16.5. The van der Waals surface area contributed by atoms with Gasteiger partial charge in [-0.1, -0.05) is 29.7 Å². The molecule has 1 heterocycles. The number of thiophene rings is 1. The molecular weight excluding hydrogens is 434 g/mol. The maximum atomic E-state index is 12.8. The second kappa shape index (κ2) is 9.94. The molecule has 0 saturated carbocycles. The number of carbonyl (C=O) groups is 3. The van der Waals surface area contributed by atoms with Crippen LogP contribution in [0.25, 0.3) is 0 Å². The number of hydrogen-bond acceptors (Lipinski definition) is 4. The van der Waals surface area contributed by atoms with E-state index in [0.29, 0.717) is 26.8 Å². The summed E-state index contributed by atoms with van der Waals surface area (Å²) in [6, 6.07) is 14.9. The predicted molar refractivity (Wildman–Crippen MR) is 124 cm³/mol. The van der Waals surface area contributed by atoms with Crippen molar-refractivity contribution in [2.45, 2.75) is 0 Å². The van der Waals surface area contributed by atoms with Crippen molar-refractivity contribution in [1.29, 1.82) is 0 Å². The molecule has 0 aliphatic carbocycles. The lowest BCUT2D eigenvalue weighted by Crippen LogP contribution is -2.35. The topological polar surface area (TPSA) is 78.5 Å². The third kappa shape index (κ3) is 5.72. The molecule has 6 nitrogen and oxygen atoms in total. The Morgan fingerprint density at radius 2 is 1.90 bits per heavy atom. The van der Waals surface area contributed by atoms with Crippen molar-refractivity contribution in [3.05, 3.63) is 81.0 Å². The van der Waals surface area contributed by atoms with E-state index in [1.807, 2.05) is 0 Å². The maximum absolute atomic E-state index is 12.8. The van der Waals surface area contributed by atoms with Crippen LogP contribution in [0.1, 0.15) is 25.6 Å². The van der Waals surface area contributed by atoms with E-state index in [9.17, 15) is 14.4 Å². The Morgan fingerprint density at radius 1 is 1.10 bits per heavy atom. The second-order valence-corrected chi connectivity index (χ2v) is 7.92. The smallest absolute Gasteiger partial charge is 0.265 e. The van der Waals surface area contributed by atoms with Crippen molar-refractivity contribution in [1.82, 2.24) is 4.90 Å². The van der Waals surface area contributed by atoms with Gasteiger partial charge in [0.15, 0.2) is 0 Å². The standard InChI is InChI=1S/C23H18ClN3O3S/c1-3-15-6-4-7-17(12-15)25-21(28)14-27(2)23(30)16-9-10-18(24)19(13-16)26-22(29)20-8-5-11-31-20/h1,4-13H,14H2,2H3,(H,25,28)(H,26,29). The highest BCUT2D eigenvalue weighted by atomic mass is 35.5. The van der Waals surface area contributed by atoms with Gasteiger partial charge >= 0.3 is 0 Å². The lowest BCUT2D eigenvalue weighted by Gasteiger charge is -2.18. The Labute approximate surface area is 188 Å². The van der Waals surface area contributed by atoms with E-state index >= 15 is 0 Å². The van der Waals surface area contributed by atoms with Crippen molar-refractivity contribution < 1.29 is 14.4 Å². The molecule has 2 aromatic carbocycles. The number of halogens is 1. The Kier molecular flexibility index (Phi) is 7.08. The minimum absolute atomic E-state index is 0.168. The summed E-state index contributed by atoms with van der Waals surface area (Å²) in [6.45, 7) is -0.168. The van der Waals surface area contributed by atoms with Crippen LogP contribution in [0.2, 0.25) is 5.02 Å². The first-order valence-electron chi connectivity index (χ1n) is 9.14. The van der Waals surface area contributed by atoms with Gasteiger partial charge in [0.05, 0.1) is 22.1 Å². The Morgan fingerprint density at radius 3 is 2.61 bits per heavy atom. The van der Waals surface area contributed by atoms with Gasteiger partial charge in [-0.05, 0) is 47.8 Å². The number of rotatable bonds is 6. The number of carbonyl (C=O) groups excluding carboxylic acids is 3. The van der Waals surface area contributed by atoms with E-state index in [2.05, 4.69) is 16.6 Å². The lowest BCUT2D eigenvalue weighted by atomic mass is 10.1. The minimum Gasteiger partial charge on any atom is -0.332 e. The van der Waals surface area contributed by atoms with Crippen molar-refractivity contribution in [2.24, 2.45) is 0 Å². The van der Waals surface area contributed by atoms with Gasteiger partial charge in [-0.2, -0.15) is 0 Å². The number of nitrogens with zero attached hydrogens (tertiary/aromatic N) is 1. The number of likely N-dealkylation sites (N-methyl/N-ethyl adjacent to an activating group) is 1. The average molecular weight is 452 g/mol. The third-order valence-corrected chi connectivity index (χ3v) is 5.45. The van der Waals surface area contributed by atoms with Gasteiger partial charge in [-0.15, -0.1) is 17.8 Å². The van der Waals surface area contributed by atoms with Gasteiger partial charge in [-0.25, -0.2) is 0 Å². The SMILES string of the molecule is C#Cc1cccc(NC(=O)CN(C)C(=O)c2ccc(Cl)c(NC(=O)c3cccs3)c2)c1. The number of anilines is 2. The predicted octanol–water partition coefficient (Wildman–Crippen LogP) is 4.35. The third-order valence-electron chi connectivity index (χ3n) is 4.25. The fraction of sp³-hybridized carbons (Fsp3) is 0.0870. The first-order valence-corrected chi connectivity index (χ1v) is 10.4. The molecular formula is C23H18ClN3O3S. The van der Waals surface area contributed by atoms with Crippen LogP contribution < -0.4 is 10.6 Å². The second-order valence-electron chi connectivity index (χ2n) is 6.56. The quantitative estimate of drug-likeness (QED) is 0.547. The molecule has 2 N–H and O–H groups in total. The van der Waals surface area contributed by atoms with E-state index in [1.165, 1.54) is 41.5 Å². The van der Waals surface area contributed by atoms with E-state index in [0.717, 1.165) is 0 Å². The van der Waals surface area contributed by atoms with E-state index in [1.54, 1.807) is 41.8 Å². The molecule has 0 saturated heterocycles. The summed E-state index contributed by atoms with van der Waals surface area (Å²) in [4.78, 5) is 39.2. The largest absolute Gasteiger partial charge is 0.332 e. The fourth-order valence-corrected chi connectivity index (χ4v) is 3.52. The molecule has 0 bridgehead atoms. The number of terminal acetylenes is 1. The van der Waals surface area contributed by atoms with Crippen LogP contribution in [-0.4, -0.2) is 36.2 Å². The Balaban J connectivity index is 1.66. The molecule has 31 heavy (non-hydrogen) atoms. The molecule has 0 spiro atoms. The summed E-state index contributed by atoms with van der Waals surface area (Å²) in [7, 11) is 1.51. The van der Waals surface area contributed by atoms with Gasteiger partial charge in [0.1, 0.15) is 0 Å². The first-order chi connectivity index (χ1) is 14.9. The molecule has 8 heteroatoms. The summed E-state index contributed by atoms with van der Waals surface area (Å²) in [5, 5.41) is 7.51. The highest BCUT2D eigenvalue weighted by molar-refractivity contribution is 7.12. The van der Waals surface area contributed by atoms with Crippen LogP contribution in [0.15, 0.2) is 60.0 Å². The molecule has 156 valence electrons. The van der Waals surface area contributed by atoms with Crippen LogP contribution in [0.5, 0.6) is 0 Å². The summed E-state index contributed by atoms with van der Waals surface area (Å²) >= 11 is 7.47. The normalized spacial score (nSPS) is 10.1. The van der Waals surface area contributed by atoms with Crippen LogP contribution in [0.3, 0.4) is 0 Å². The van der Waals surface area contributed by atoms with Crippen LogP contribution in [0, 0.1) is 12.3 Å². The van der Waals surface area contributed by atoms with Crippen molar-refractivity contribution in [3.63, 3.8) is 0 Å². The zero-order chi connectivity index (χ0) is 22.4. The molecule has 0 radical (unpaired) electrons. The van der Waals surface area contributed by atoms with E-state index in [4.69, 9.17) is 18.0 Å². The summed E-state index contributed by atoms with van der Waals surface area (Å²) in [6.07, 6.45) is 5.36. The van der Waals surface area contributed by atoms with Crippen LogP contribution in [0.4, 0.5) is 11.4 Å². The first kappa shape index (κ1) is 22.1. The van der Waals surface area contributed by atoms with Crippen molar-refractivity contribution in [2.75, 3.05) is 24.2 Å². The zero-order valence-corrected chi connectivity index (χ0v) is 18.1. The van der Waals surface area contributed by atoms with Crippen LogP contribution >= 0.6 is 22.9 Å².